The van der Waals surface area contributed by atoms with E-state index in [1.165, 1.54) is 0 Å². The highest BCUT2D eigenvalue weighted by Gasteiger charge is 2.33. The first-order valence-corrected chi connectivity index (χ1v) is 7.76. The van der Waals surface area contributed by atoms with Crippen LogP contribution >= 0.6 is 0 Å². The van der Waals surface area contributed by atoms with E-state index >= 15 is 0 Å². The Morgan fingerprint density at radius 1 is 1.63 bits per heavy atom. The first kappa shape index (κ1) is 14.0. The molecule has 0 bridgehead atoms. The summed E-state index contributed by atoms with van der Waals surface area (Å²) in [4.78, 5) is 12.5. The predicted octanol–water partition coefficient (Wildman–Crippen LogP) is 0.0567. The van der Waals surface area contributed by atoms with E-state index < -0.39 is 15.8 Å². The molecule has 1 aromatic heterocycles. The third kappa shape index (κ3) is 3.77. The minimum absolute atomic E-state index is 0.0110. The molecule has 1 aliphatic rings. The number of hydrogen-bond acceptors (Lipinski definition) is 6. The van der Waals surface area contributed by atoms with Crippen molar-refractivity contribution in [1.29, 1.82) is 0 Å². The molecule has 2 heterocycles. The zero-order chi connectivity index (χ0) is 14.0. The molecule has 1 N–H and O–H groups in total. The van der Waals surface area contributed by atoms with Crippen molar-refractivity contribution in [2.24, 2.45) is 0 Å². The summed E-state index contributed by atoms with van der Waals surface area (Å²) in [6.07, 6.45) is 0.465. The summed E-state index contributed by atoms with van der Waals surface area (Å²) in [6, 6.07) is 1.45. The molecule has 1 saturated heterocycles. The molecule has 2 rings (SSSR count). The number of carbonyl (C=O) groups is 1. The molecule has 1 aliphatic heterocycles. The van der Waals surface area contributed by atoms with Crippen LogP contribution in [0, 0.1) is 6.92 Å². The third-order valence-corrected chi connectivity index (χ3v) is 4.86. The highest BCUT2D eigenvalue weighted by atomic mass is 32.2. The van der Waals surface area contributed by atoms with Crippen molar-refractivity contribution < 1.29 is 22.8 Å². The maximum absolute atomic E-state index is 11.5. The van der Waals surface area contributed by atoms with Crippen LogP contribution < -0.4 is 0 Å². The summed E-state index contributed by atoms with van der Waals surface area (Å²) < 4.78 is 27.9. The van der Waals surface area contributed by atoms with Crippen LogP contribution in [-0.2, 0) is 21.2 Å². The molecule has 8 heteroatoms. The van der Waals surface area contributed by atoms with Gasteiger partial charge in [-0.25, -0.2) is 8.42 Å². The van der Waals surface area contributed by atoms with Gasteiger partial charge in [-0.1, -0.05) is 5.16 Å². The van der Waals surface area contributed by atoms with E-state index in [0.29, 0.717) is 17.9 Å². The molecular weight excluding hydrogens is 272 g/mol. The normalized spacial score (nSPS) is 21.9. The minimum Gasteiger partial charge on any atom is -0.480 e. The predicted molar refractivity (Wildman–Crippen MR) is 66.3 cm³/mol. The number of aryl methyl sites for hydroxylation is 1. The molecule has 0 radical (unpaired) electrons. The molecule has 1 unspecified atom stereocenters. The lowest BCUT2D eigenvalue weighted by Gasteiger charge is -2.24. The molecule has 0 aromatic carbocycles. The first-order chi connectivity index (χ1) is 8.85. The van der Waals surface area contributed by atoms with E-state index in [1.807, 2.05) is 0 Å². The Hall–Kier alpha value is -1.41. The molecular formula is C11H16N2O5S. The van der Waals surface area contributed by atoms with Gasteiger partial charge < -0.3 is 9.63 Å². The Morgan fingerprint density at radius 2 is 2.37 bits per heavy atom. The van der Waals surface area contributed by atoms with Gasteiger partial charge in [0.05, 0.1) is 23.7 Å². The van der Waals surface area contributed by atoms with Gasteiger partial charge in [0, 0.05) is 18.7 Å². The molecule has 1 atom stereocenters. The number of sulfone groups is 1. The lowest BCUT2D eigenvalue weighted by Crippen LogP contribution is -2.39. The average molecular weight is 288 g/mol. The highest BCUT2D eigenvalue weighted by molar-refractivity contribution is 7.91. The second kappa shape index (κ2) is 5.30. The van der Waals surface area contributed by atoms with E-state index in [1.54, 1.807) is 17.9 Å². The summed E-state index contributed by atoms with van der Waals surface area (Å²) in [5, 5.41) is 12.7. The summed E-state index contributed by atoms with van der Waals surface area (Å²) in [6.45, 7) is 1.83. The minimum atomic E-state index is -3.04. The monoisotopic (exact) mass is 288 g/mol. The third-order valence-electron chi connectivity index (χ3n) is 3.11. The van der Waals surface area contributed by atoms with Gasteiger partial charge in [-0.15, -0.1) is 0 Å². The largest absolute Gasteiger partial charge is 0.480 e. The van der Waals surface area contributed by atoms with Gasteiger partial charge in [-0.05, 0) is 13.3 Å². The van der Waals surface area contributed by atoms with E-state index in [2.05, 4.69) is 5.16 Å². The van der Waals surface area contributed by atoms with Crippen LogP contribution in [0.2, 0.25) is 0 Å². The second-order valence-electron chi connectivity index (χ2n) is 4.78. The van der Waals surface area contributed by atoms with Crippen LogP contribution in [0.5, 0.6) is 0 Å². The number of nitrogens with zero attached hydrogens (tertiary/aromatic N) is 2. The van der Waals surface area contributed by atoms with Crippen LogP contribution in [0.1, 0.15) is 17.9 Å². The molecule has 19 heavy (non-hydrogen) atoms. The molecule has 1 fully saturated rings. The second-order valence-corrected chi connectivity index (χ2v) is 7.01. The van der Waals surface area contributed by atoms with Gasteiger partial charge in [-0.2, -0.15) is 0 Å². The maximum atomic E-state index is 11.5. The van der Waals surface area contributed by atoms with Gasteiger partial charge in [0.2, 0.25) is 0 Å². The number of rotatable bonds is 5. The molecule has 7 nitrogen and oxygen atoms in total. The zero-order valence-electron chi connectivity index (χ0n) is 10.6. The van der Waals surface area contributed by atoms with Crippen molar-refractivity contribution in [2.75, 3.05) is 18.1 Å². The van der Waals surface area contributed by atoms with Crippen LogP contribution in [-0.4, -0.2) is 53.6 Å². The van der Waals surface area contributed by atoms with Crippen LogP contribution in [0.15, 0.2) is 10.6 Å². The number of carboxylic acids is 1. The van der Waals surface area contributed by atoms with Crippen molar-refractivity contribution in [3.63, 3.8) is 0 Å². The fourth-order valence-corrected chi connectivity index (χ4v) is 4.01. The van der Waals surface area contributed by atoms with E-state index in [0.717, 1.165) is 0 Å². The molecule has 0 spiro atoms. The number of carboxylic acid groups (broad SMARTS) is 1. The van der Waals surface area contributed by atoms with Gasteiger partial charge >= 0.3 is 5.97 Å². The smallest absolute Gasteiger partial charge is 0.317 e. The Kier molecular flexibility index (Phi) is 3.91. The molecule has 1 aromatic rings. The van der Waals surface area contributed by atoms with Gasteiger partial charge in [-0.3, -0.25) is 9.69 Å². The Bertz CT molecular complexity index is 565. The topological polar surface area (TPSA) is 101 Å². The molecule has 106 valence electrons. The quantitative estimate of drug-likeness (QED) is 0.817. The molecule has 0 saturated carbocycles. The van der Waals surface area contributed by atoms with Crippen LogP contribution in [0.4, 0.5) is 0 Å². The molecule has 0 amide bonds. The van der Waals surface area contributed by atoms with Crippen molar-refractivity contribution in [2.45, 2.75) is 25.9 Å². The standard InChI is InChI=1S/C11H16N2O5S/c1-8-4-9(12-18-8)5-13(6-11(14)15)10-2-3-19(16,17)7-10/h4,10H,2-3,5-7H2,1H3,(H,14,15). The highest BCUT2D eigenvalue weighted by Crippen LogP contribution is 2.19. The van der Waals surface area contributed by atoms with Gasteiger partial charge in [0.25, 0.3) is 0 Å². The maximum Gasteiger partial charge on any atom is 0.317 e. The number of aliphatic carboxylic acids is 1. The Labute approximate surface area is 111 Å². The van der Waals surface area contributed by atoms with Gasteiger partial charge in [0.15, 0.2) is 9.84 Å². The summed E-state index contributed by atoms with van der Waals surface area (Å²) in [5.41, 5.74) is 0.614. The van der Waals surface area contributed by atoms with E-state index in [4.69, 9.17) is 9.63 Å². The average Bonchev–Trinajstić information content (AvgIpc) is 2.83. The van der Waals surface area contributed by atoms with E-state index in [-0.39, 0.29) is 30.6 Å². The van der Waals surface area contributed by atoms with Crippen LogP contribution in [0.3, 0.4) is 0 Å². The summed E-state index contributed by atoms with van der Waals surface area (Å²) in [7, 11) is -3.04. The zero-order valence-corrected chi connectivity index (χ0v) is 11.4. The molecule has 0 aliphatic carbocycles. The Morgan fingerprint density at radius 3 is 2.84 bits per heavy atom. The number of hydrogen-bond donors (Lipinski definition) is 1. The fraction of sp³-hybridized carbons (Fsp3) is 0.636. The van der Waals surface area contributed by atoms with Crippen molar-refractivity contribution in [1.82, 2.24) is 10.1 Å². The SMILES string of the molecule is Cc1cc(CN(CC(=O)O)C2CCS(=O)(=O)C2)no1. The van der Waals surface area contributed by atoms with E-state index in [9.17, 15) is 13.2 Å². The first-order valence-electron chi connectivity index (χ1n) is 5.94. The lowest BCUT2D eigenvalue weighted by atomic mass is 10.2. The Balaban J connectivity index is 2.10. The van der Waals surface area contributed by atoms with Gasteiger partial charge in [0.1, 0.15) is 5.76 Å². The van der Waals surface area contributed by atoms with Crippen LogP contribution in [0.25, 0.3) is 0 Å². The fourth-order valence-electron chi connectivity index (χ4n) is 2.25. The summed E-state index contributed by atoms with van der Waals surface area (Å²) >= 11 is 0. The summed E-state index contributed by atoms with van der Waals surface area (Å²) in [5.74, 6) is -0.211. The number of aromatic nitrogens is 1. The van der Waals surface area contributed by atoms with Crippen molar-refractivity contribution in [3.05, 3.63) is 17.5 Å². The van der Waals surface area contributed by atoms with Crippen molar-refractivity contribution in [3.8, 4) is 0 Å². The van der Waals surface area contributed by atoms with Crippen molar-refractivity contribution >= 4 is 15.8 Å². The lowest BCUT2D eigenvalue weighted by molar-refractivity contribution is -0.139.